The third-order valence-electron chi connectivity index (χ3n) is 4.41. The van der Waals surface area contributed by atoms with Crippen molar-refractivity contribution in [3.8, 4) is 0 Å². The molecule has 5 nitrogen and oxygen atoms in total. The van der Waals surface area contributed by atoms with Gasteiger partial charge in [-0.3, -0.25) is 9.59 Å². The number of nitrogens with zero attached hydrogens (tertiary/aromatic N) is 2. The third kappa shape index (κ3) is 3.43. The number of hydrogen-bond donors (Lipinski definition) is 1. The van der Waals surface area contributed by atoms with E-state index in [-0.39, 0.29) is 17.7 Å². The minimum atomic E-state index is -0.0700. The van der Waals surface area contributed by atoms with Gasteiger partial charge in [-0.25, -0.2) is 4.98 Å². The first kappa shape index (κ1) is 16.2. The summed E-state index contributed by atoms with van der Waals surface area (Å²) in [6.07, 6.45) is 1.38. The van der Waals surface area contributed by atoms with Crippen LogP contribution in [-0.4, -0.2) is 34.8 Å². The maximum atomic E-state index is 12.5. The molecule has 2 amide bonds. The molecule has 1 aliphatic rings. The van der Waals surface area contributed by atoms with Crippen LogP contribution in [0.4, 0.5) is 5.13 Å². The van der Waals surface area contributed by atoms with E-state index in [9.17, 15) is 9.59 Å². The summed E-state index contributed by atoms with van der Waals surface area (Å²) in [7, 11) is 0. The van der Waals surface area contributed by atoms with Crippen LogP contribution in [0.2, 0.25) is 0 Å². The Morgan fingerprint density at radius 2 is 1.92 bits per heavy atom. The average molecular weight is 371 g/mol. The van der Waals surface area contributed by atoms with E-state index >= 15 is 0 Å². The van der Waals surface area contributed by atoms with Crippen molar-refractivity contribution < 1.29 is 9.59 Å². The molecular formula is C18H17N3O2S2. The molecule has 7 heteroatoms. The van der Waals surface area contributed by atoms with Gasteiger partial charge in [0, 0.05) is 19.0 Å². The number of anilines is 1. The van der Waals surface area contributed by atoms with Crippen molar-refractivity contribution in [1.82, 2.24) is 9.88 Å². The van der Waals surface area contributed by atoms with E-state index in [0.717, 1.165) is 15.1 Å². The van der Waals surface area contributed by atoms with Crippen LogP contribution in [-0.2, 0) is 4.79 Å². The zero-order chi connectivity index (χ0) is 17.2. The van der Waals surface area contributed by atoms with Crippen molar-refractivity contribution in [3.05, 3.63) is 46.7 Å². The number of benzene rings is 1. The largest absolute Gasteiger partial charge is 0.338 e. The number of thiophene rings is 1. The molecule has 1 aliphatic heterocycles. The van der Waals surface area contributed by atoms with E-state index in [0.29, 0.717) is 31.1 Å². The van der Waals surface area contributed by atoms with Gasteiger partial charge >= 0.3 is 0 Å². The van der Waals surface area contributed by atoms with Gasteiger partial charge in [-0.1, -0.05) is 29.5 Å². The number of carbonyl (C=O) groups excluding carboxylic acids is 2. The molecule has 4 rings (SSSR count). The van der Waals surface area contributed by atoms with Gasteiger partial charge in [-0.2, -0.15) is 0 Å². The Balaban J connectivity index is 1.35. The topological polar surface area (TPSA) is 62.3 Å². The maximum absolute atomic E-state index is 12.5. The van der Waals surface area contributed by atoms with E-state index in [1.807, 2.05) is 46.7 Å². The number of piperidine rings is 1. The lowest BCUT2D eigenvalue weighted by atomic mass is 9.96. The molecule has 25 heavy (non-hydrogen) atoms. The van der Waals surface area contributed by atoms with E-state index in [1.54, 1.807) is 0 Å². The predicted molar refractivity (Wildman–Crippen MR) is 101 cm³/mol. The highest BCUT2D eigenvalue weighted by Crippen LogP contribution is 2.27. The fraction of sp³-hybridized carbons (Fsp3) is 0.278. The van der Waals surface area contributed by atoms with Crippen LogP contribution in [0.15, 0.2) is 41.8 Å². The zero-order valence-electron chi connectivity index (χ0n) is 13.5. The fourth-order valence-corrected chi connectivity index (χ4v) is 4.59. The Bertz CT molecular complexity index is 863. The van der Waals surface area contributed by atoms with Gasteiger partial charge < -0.3 is 10.2 Å². The first-order valence-corrected chi connectivity index (χ1v) is 9.89. The van der Waals surface area contributed by atoms with Gasteiger partial charge in [-0.15, -0.1) is 11.3 Å². The van der Waals surface area contributed by atoms with Crippen molar-refractivity contribution in [2.24, 2.45) is 5.92 Å². The second-order valence-corrected chi connectivity index (χ2v) is 8.00. The summed E-state index contributed by atoms with van der Waals surface area (Å²) in [6.45, 7) is 1.24. The molecular weight excluding hydrogens is 354 g/mol. The summed E-state index contributed by atoms with van der Waals surface area (Å²) in [5.74, 6) is 0.00158. The molecule has 3 heterocycles. The molecule has 0 aliphatic carbocycles. The summed E-state index contributed by atoms with van der Waals surface area (Å²) in [5, 5.41) is 5.49. The molecule has 0 saturated carbocycles. The highest BCUT2D eigenvalue weighted by atomic mass is 32.1. The minimum absolute atomic E-state index is 0.00211. The number of fused-ring (bicyclic) bond motifs is 1. The number of carbonyl (C=O) groups is 2. The van der Waals surface area contributed by atoms with Crippen LogP contribution < -0.4 is 5.32 Å². The summed E-state index contributed by atoms with van der Waals surface area (Å²) < 4.78 is 1.06. The summed E-state index contributed by atoms with van der Waals surface area (Å²) in [5.41, 5.74) is 0.902. The number of amides is 2. The Kier molecular flexibility index (Phi) is 4.50. The average Bonchev–Trinajstić information content (AvgIpc) is 3.30. The first-order valence-electron chi connectivity index (χ1n) is 8.20. The first-order chi connectivity index (χ1) is 12.2. The number of thiazole rings is 1. The predicted octanol–water partition coefficient (Wildman–Crippen LogP) is 3.85. The molecule has 2 aromatic heterocycles. The SMILES string of the molecule is O=C(Nc1nc2ccccc2s1)C1CCN(C(=O)c2cccs2)CC1. The number of likely N-dealkylation sites (tertiary alicyclic amines) is 1. The van der Waals surface area contributed by atoms with E-state index in [1.165, 1.54) is 22.7 Å². The van der Waals surface area contributed by atoms with Gasteiger partial charge in [0.15, 0.2) is 5.13 Å². The standard InChI is InChI=1S/C18H17N3O2S2/c22-16(20-18-19-13-4-1-2-5-14(13)25-18)12-7-9-21(10-8-12)17(23)15-6-3-11-24-15/h1-6,11-12H,7-10H2,(H,19,20,22). The van der Waals surface area contributed by atoms with Crippen LogP contribution in [0.25, 0.3) is 10.2 Å². The maximum Gasteiger partial charge on any atom is 0.263 e. The summed E-state index contributed by atoms with van der Waals surface area (Å²) in [6, 6.07) is 11.6. The molecule has 1 saturated heterocycles. The van der Waals surface area contributed by atoms with Gasteiger partial charge in [0.05, 0.1) is 15.1 Å². The summed E-state index contributed by atoms with van der Waals surface area (Å²) in [4.78, 5) is 31.9. The Morgan fingerprint density at radius 3 is 2.64 bits per heavy atom. The lowest BCUT2D eigenvalue weighted by Crippen LogP contribution is -2.41. The second kappa shape index (κ2) is 6.93. The van der Waals surface area contributed by atoms with Gasteiger partial charge in [-0.05, 0) is 36.4 Å². The van der Waals surface area contributed by atoms with Crippen molar-refractivity contribution in [2.45, 2.75) is 12.8 Å². The molecule has 1 N–H and O–H groups in total. The van der Waals surface area contributed by atoms with Crippen molar-refractivity contribution in [3.63, 3.8) is 0 Å². The Hall–Kier alpha value is -2.25. The number of nitrogens with one attached hydrogen (secondary N) is 1. The second-order valence-electron chi connectivity index (χ2n) is 6.02. The van der Waals surface area contributed by atoms with Crippen LogP contribution >= 0.6 is 22.7 Å². The molecule has 0 atom stereocenters. The van der Waals surface area contributed by atoms with Gasteiger partial charge in [0.25, 0.3) is 5.91 Å². The Labute approximate surface area is 153 Å². The van der Waals surface area contributed by atoms with Crippen LogP contribution in [0, 0.1) is 5.92 Å². The minimum Gasteiger partial charge on any atom is -0.338 e. The Morgan fingerprint density at radius 1 is 1.12 bits per heavy atom. The van der Waals surface area contributed by atoms with E-state index < -0.39 is 0 Å². The fourth-order valence-electron chi connectivity index (χ4n) is 3.03. The van der Waals surface area contributed by atoms with E-state index in [2.05, 4.69) is 10.3 Å². The van der Waals surface area contributed by atoms with Crippen molar-refractivity contribution >= 4 is 49.8 Å². The molecule has 1 aromatic carbocycles. The smallest absolute Gasteiger partial charge is 0.263 e. The lowest BCUT2D eigenvalue weighted by Gasteiger charge is -2.30. The van der Waals surface area contributed by atoms with Gasteiger partial charge in [0.1, 0.15) is 0 Å². The molecule has 3 aromatic rings. The molecule has 0 unspecified atom stereocenters. The quantitative estimate of drug-likeness (QED) is 0.761. The lowest BCUT2D eigenvalue weighted by molar-refractivity contribution is -0.121. The molecule has 0 bridgehead atoms. The molecule has 0 radical (unpaired) electrons. The van der Waals surface area contributed by atoms with Crippen LogP contribution in [0.1, 0.15) is 22.5 Å². The summed E-state index contributed by atoms with van der Waals surface area (Å²) >= 11 is 2.95. The number of rotatable bonds is 3. The molecule has 1 fully saturated rings. The molecule has 0 spiro atoms. The third-order valence-corrected chi connectivity index (χ3v) is 6.22. The normalized spacial score (nSPS) is 15.4. The van der Waals surface area contributed by atoms with Crippen LogP contribution in [0.5, 0.6) is 0 Å². The van der Waals surface area contributed by atoms with Crippen LogP contribution in [0.3, 0.4) is 0 Å². The zero-order valence-corrected chi connectivity index (χ0v) is 15.1. The highest BCUT2D eigenvalue weighted by molar-refractivity contribution is 7.22. The molecule has 128 valence electrons. The number of hydrogen-bond acceptors (Lipinski definition) is 5. The van der Waals surface area contributed by atoms with Gasteiger partial charge in [0.2, 0.25) is 5.91 Å². The highest BCUT2D eigenvalue weighted by Gasteiger charge is 2.28. The van der Waals surface area contributed by atoms with Crippen molar-refractivity contribution in [1.29, 1.82) is 0 Å². The number of para-hydroxylation sites is 1. The van der Waals surface area contributed by atoms with E-state index in [4.69, 9.17) is 0 Å². The van der Waals surface area contributed by atoms with Crippen molar-refractivity contribution in [2.75, 3.05) is 18.4 Å². The monoisotopic (exact) mass is 371 g/mol. The number of aromatic nitrogens is 1.